The summed E-state index contributed by atoms with van der Waals surface area (Å²) in [6.07, 6.45) is 2.17. The van der Waals surface area contributed by atoms with Crippen LogP contribution in [0.2, 0.25) is 0 Å². The number of likely N-dealkylation sites (tertiary alicyclic amines) is 1. The Bertz CT molecular complexity index is 485. The van der Waals surface area contributed by atoms with Crippen LogP contribution in [0.4, 0.5) is 0 Å². The van der Waals surface area contributed by atoms with Crippen LogP contribution in [0, 0.1) is 5.92 Å². The Morgan fingerprint density at radius 1 is 1.22 bits per heavy atom. The molecule has 1 aromatic carbocycles. The Hall–Kier alpha value is -1.00. The minimum Gasteiger partial charge on any atom is -0.343 e. The van der Waals surface area contributed by atoms with Crippen LogP contribution in [0.15, 0.2) is 29.2 Å². The third kappa shape index (κ3) is 5.25. The van der Waals surface area contributed by atoms with Crippen molar-refractivity contribution in [3.05, 3.63) is 29.8 Å². The van der Waals surface area contributed by atoms with Crippen LogP contribution in [0.1, 0.15) is 39.2 Å². The van der Waals surface area contributed by atoms with E-state index in [4.69, 9.17) is 0 Å². The summed E-state index contributed by atoms with van der Waals surface area (Å²) in [7, 11) is 0. The summed E-state index contributed by atoms with van der Waals surface area (Å²) in [4.78, 5) is 18.3. The highest BCUT2D eigenvalue weighted by Crippen LogP contribution is 2.22. The van der Waals surface area contributed by atoms with E-state index in [0.717, 1.165) is 51.3 Å². The van der Waals surface area contributed by atoms with Gasteiger partial charge in [-0.15, -0.1) is 11.8 Å². The largest absolute Gasteiger partial charge is 0.343 e. The first-order valence-electron chi connectivity index (χ1n) is 8.90. The third-order valence-electron chi connectivity index (χ3n) is 4.57. The number of benzene rings is 1. The lowest BCUT2D eigenvalue weighted by molar-refractivity contribution is -0.137. The fourth-order valence-electron chi connectivity index (χ4n) is 3.31. The van der Waals surface area contributed by atoms with Gasteiger partial charge < -0.3 is 4.90 Å². The first kappa shape index (κ1) is 18.3. The minimum atomic E-state index is 0.179. The Labute approximate surface area is 145 Å². The SMILES string of the molecule is CCSc1ccc(CN2CCCC(C(=O)N(CC)CC)C2)cc1. The first-order chi connectivity index (χ1) is 11.2. The molecule has 128 valence electrons. The van der Waals surface area contributed by atoms with Crippen LogP contribution in [0.3, 0.4) is 0 Å². The number of rotatable bonds is 7. The second kappa shape index (κ2) is 9.33. The third-order valence-corrected chi connectivity index (χ3v) is 5.46. The van der Waals surface area contributed by atoms with Crippen LogP contribution < -0.4 is 0 Å². The molecule has 1 amide bonds. The molecule has 1 saturated heterocycles. The predicted molar refractivity (Wildman–Crippen MR) is 98.8 cm³/mol. The Kier molecular flexibility index (Phi) is 7.44. The van der Waals surface area contributed by atoms with Crippen LogP contribution >= 0.6 is 11.8 Å². The van der Waals surface area contributed by atoms with Gasteiger partial charge in [-0.2, -0.15) is 0 Å². The van der Waals surface area contributed by atoms with Crippen molar-refractivity contribution in [1.29, 1.82) is 0 Å². The maximum Gasteiger partial charge on any atom is 0.226 e. The molecule has 0 bridgehead atoms. The molecular weight excluding hydrogens is 304 g/mol. The average Bonchev–Trinajstić information content (AvgIpc) is 2.58. The summed E-state index contributed by atoms with van der Waals surface area (Å²) in [5.74, 6) is 1.63. The van der Waals surface area contributed by atoms with Gasteiger partial charge >= 0.3 is 0 Å². The molecule has 1 atom stereocenters. The van der Waals surface area contributed by atoms with Gasteiger partial charge in [-0.3, -0.25) is 9.69 Å². The number of carbonyl (C=O) groups excluding carboxylic acids is 1. The monoisotopic (exact) mass is 334 g/mol. The number of piperidine rings is 1. The van der Waals surface area contributed by atoms with E-state index in [0.29, 0.717) is 5.91 Å². The molecule has 1 heterocycles. The number of hydrogen-bond acceptors (Lipinski definition) is 3. The van der Waals surface area contributed by atoms with E-state index in [1.807, 2.05) is 16.7 Å². The molecule has 1 fully saturated rings. The average molecular weight is 335 g/mol. The van der Waals surface area contributed by atoms with Gasteiger partial charge in [0.2, 0.25) is 5.91 Å². The molecule has 2 rings (SSSR count). The molecule has 4 heteroatoms. The first-order valence-corrected chi connectivity index (χ1v) is 9.89. The second-order valence-corrected chi connectivity index (χ2v) is 7.50. The zero-order valence-electron chi connectivity index (χ0n) is 14.8. The molecule has 1 aromatic rings. The quantitative estimate of drug-likeness (QED) is 0.707. The summed E-state index contributed by atoms with van der Waals surface area (Å²) >= 11 is 1.88. The molecule has 1 aliphatic rings. The van der Waals surface area contributed by atoms with E-state index in [2.05, 4.69) is 49.9 Å². The maximum absolute atomic E-state index is 12.6. The molecule has 0 radical (unpaired) electrons. The molecule has 0 spiro atoms. The molecule has 23 heavy (non-hydrogen) atoms. The van der Waals surface area contributed by atoms with Crippen LogP contribution in [-0.4, -0.2) is 47.6 Å². The summed E-state index contributed by atoms with van der Waals surface area (Å²) in [5.41, 5.74) is 1.35. The number of nitrogens with zero attached hydrogens (tertiary/aromatic N) is 2. The van der Waals surface area contributed by atoms with Crippen LogP contribution in [-0.2, 0) is 11.3 Å². The summed E-state index contributed by atoms with van der Waals surface area (Å²) in [6.45, 7) is 10.9. The fraction of sp³-hybridized carbons (Fsp3) is 0.632. The van der Waals surface area contributed by atoms with Crippen LogP contribution in [0.5, 0.6) is 0 Å². The zero-order valence-corrected chi connectivity index (χ0v) is 15.6. The Morgan fingerprint density at radius 3 is 2.52 bits per heavy atom. The molecule has 0 aromatic heterocycles. The van der Waals surface area contributed by atoms with E-state index < -0.39 is 0 Å². The Balaban J connectivity index is 1.91. The van der Waals surface area contributed by atoms with Gasteiger partial charge in [-0.1, -0.05) is 19.1 Å². The molecule has 1 unspecified atom stereocenters. The molecule has 3 nitrogen and oxygen atoms in total. The summed E-state index contributed by atoms with van der Waals surface area (Å²) < 4.78 is 0. The van der Waals surface area contributed by atoms with E-state index in [9.17, 15) is 4.79 Å². The summed E-state index contributed by atoms with van der Waals surface area (Å²) in [5, 5.41) is 0. The number of hydrogen-bond donors (Lipinski definition) is 0. The maximum atomic E-state index is 12.6. The van der Waals surface area contributed by atoms with Crippen molar-refractivity contribution < 1.29 is 4.79 Å². The van der Waals surface area contributed by atoms with E-state index in [1.165, 1.54) is 10.5 Å². The number of carbonyl (C=O) groups is 1. The van der Waals surface area contributed by atoms with Crippen molar-refractivity contribution in [1.82, 2.24) is 9.80 Å². The molecule has 0 aliphatic carbocycles. The molecule has 0 saturated carbocycles. The van der Waals surface area contributed by atoms with Gasteiger partial charge in [0.15, 0.2) is 0 Å². The molecular formula is C19H30N2OS. The predicted octanol–water partition coefficient (Wildman–Crippen LogP) is 3.88. The van der Waals surface area contributed by atoms with E-state index in [-0.39, 0.29) is 5.92 Å². The molecule has 0 N–H and O–H groups in total. The van der Waals surface area contributed by atoms with E-state index in [1.54, 1.807) is 0 Å². The highest BCUT2D eigenvalue weighted by atomic mass is 32.2. The second-order valence-electron chi connectivity index (χ2n) is 6.16. The van der Waals surface area contributed by atoms with Gasteiger partial charge in [-0.05, 0) is 56.7 Å². The zero-order chi connectivity index (χ0) is 16.7. The van der Waals surface area contributed by atoms with Gasteiger partial charge in [0, 0.05) is 31.1 Å². The van der Waals surface area contributed by atoms with Crippen molar-refractivity contribution in [3.8, 4) is 0 Å². The topological polar surface area (TPSA) is 23.6 Å². The lowest BCUT2D eigenvalue weighted by atomic mass is 9.96. The van der Waals surface area contributed by atoms with E-state index >= 15 is 0 Å². The van der Waals surface area contributed by atoms with Crippen molar-refractivity contribution in [2.75, 3.05) is 31.9 Å². The molecule has 1 aliphatic heterocycles. The highest BCUT2D eigenvalue weighted by Gasteiger charge is 2.28. The van der Waals surface area contributed by atoms with Crippen molar-refractivity contribution in [3.63, 3.8) is 0 Å². The minimum absolute atomic E-state index is 0.179. The fourth-order valence-corrected chi connectivity index (χ4v) is 3.97. The number of amides is 1. The number of thioether (sulfide) groups is 1. The van der Waals surface area contributed by atoms with Crippen molar-refractivity contribution >= 4 is 17.7 Å². The Morgan fingerprint density at radius 2 is 1.91 bits per heavy atom. The van der Waals surface area contributed by atoms with Gasteiger partial charge in [-0.25, -0.2) is 0 Å². The lowest BCUT2D eigenvalue weighted by Crippen LogP contribution is -2.44. The van der Waals surface area contributed by atoms with Crippen LogP contribution in [0.25, 0.3) is 0 Å². The van der Waals surface area contributed by atoms with Crippen molar-refractivity contribution in [2.24, 2.45) is 5.92 Å². The summed E-state index contributed by atoms with van der Waals surface area (Å²) in [6, 6.07) is 8.89. The van der Waals surface area contributed by atoms with Gasteiger partial charge in [0.1, 0.15) is 0 Å². The van der Waals surface area contributed by atoms with Gasteiger partial charge in [0.25, 0.3) is 0 Å². The van der Waals surface area contributed by atoms with Crippen molar-refractivity contribution in [2.45, 2.75) is 45.1 Å². The smallest absolute Gasteiger partial charge is 0.226 e. The standard InChI is InChI=1S/C19H30N2OS/c1-4-21(5-2)19(22)17-8-7-13-20(15-17)14-16-9-11-18(12-10-16)23-6-3/h9-12,17H,4-8,13-15H2,1-3H3. The van der Waals surface area contributed by atoms with Gasteiger partial charge in [0.05, 0.1) is 5.92 Å². The lowest BCUT2D eigenvalue weighted by Gasteiger charge is -2.34. The highest BCUT2D eigenvalue weighted by molar-refractivity contribution is 7.99. The normalized spacial score (nSPS) is 18.8.